The summed E-state index contributed by atoms with van der Waals surface area (Å²) in [5.74, 6) is 0. The highest BCUT2D eigenvalue weighted by atomic mass is 35.5. The Morgan fingerprint density at radius 3 is 3.00 bits per heavy atom. The van der Waals surface area contributed by atoms with E-state index in [9.17, 15) is 0 Å². The van der Waals surface area contributed by atoms with Crippen molar-refractivity contribution in [3.8, 4) is 6.07 Å². The molecule has 2 rings (SSSR count). The first kappa shape index (κ1) is 7.60. The van der Waals surface area contributed by atoms with Crippen molar-refractivity contribution in [1.82, 2.24) is 5.32 Å². The first-order valence-corrected chi connectivity index (χ1v) is 4.11. The average Bonchev–Trinajstić information content (AvgIpc) is 2.50. The highest BCUT2D eigenvalue weighted by molar-refractivity contribution is 6.30. The van der Waals surface area contributed by atoms with Crippen molar-refractivity contribution >= 4 is 11.6 Å². The molecule has 0 atom stereocenters. The lowest BCUT2D eigenvalue weighted by molar-refractivity contribution is 0.764. The molecule has 1 aromatic carbocycles. The standard InChI is InChI=1S/C9H7ClN2/c10-8-1-6(3-11)9-5-12-4-7(9)2-8/h1-2,12H,4-5H2. The Kier molecular flexibility index (Phi) is 1.76. The first-order valence-electron chi connectivity index (χ1n) is 3.73. The minimum absolute atomic E-state index is 0.647. The maximum Gasteiger partial charge on any atom is 0.0995 e. The summed E-state index contributed by atoms with van der Waals surface area (Å²) in [4.78, 5) is 0. The van der Waals surface area contributed by atoms with Crippen LogP contribution in [0, 0.1) is 11.3 Å². The molecular weight excluding hydrogens is 172 g/mol. The van der Waals surface area contributed by atoms with Crippen LogP contribution in [-0.4, -0.2) is 0 Å². The molecule has 0 spiro atoms. The van der Waals surface area contributed by atoms with Gasteiger partial charge >= 0.3 is 0 Å². The van der Waals surface area contributed by atoms with Gasteiger partial charge in [0.15, 0.2) is 0 Å². The van der Waals surface area contributed by atoms with Crippen LogP contribution >= 0.6 is 11.6 Å². The smallest absolute Gasteiger partial charge is 0.0995 e. The topological polar surface area (TPSA) is 35.8 Å². The van der Waals surface area contributed by atoms with Crippen LogP contribution in [0.3, 0.4) is 0 Å². The second kappa shape index (κ2) is 2.78. The van der Waals surface area contributed by atoms with Crippen molar-refractivity contribution in [3.05, 3.63) is 33.8 Å². The summed E-state index contributed by atoms with van der Waals surface area (Å²) < 4.78 is 0. The van der Waals surface area contributed by atoms with Gasteiger partial charge in [0, 0.05) is 18.1 Å². The normalized spacial score (nSPS) is 14.0. The molecular formula is C9H7ClN2. The van der Waals surface area contributed by atoms with Gasteiger partial charge in [-0.05, 0) is 23.3 Å². The second-order valence-electron chi connectivity index (χ2n) is 2.81. The van der Waals surface area contributed by atoms with E-state index < -0.39 is 0 Å². The van der Waals surface area contributed by atoms with Gasteiger partial charge < -0.3 is 5.32 Å². The number of rotatable bonds is 0. The van der Waals surface area contributed by atoms with E-state index in [0.29, 0.717) is 10.6 Å². The van der Waals surface area contributed by atoms with E-state index in [1.54, 1.807) is 6.07 Å². The largest absolute Gasteiger partial charge is 0.309 e. The molecule has 0 amide bonds. The predicted molar refractivity (Wildman–Crippen MR) is 46.7 cm³/mol. The van der Waals surface area contributed by atoms with Gasteiger partial charge in [-0.15, -0.1) is 0 Å². The van der Waals surface area contributed by atoms with Crippen LogP contribution in [-0.2, 0) is 13.1 Å². The van der Waals surface area contributed by atoms with Gasteiger partial charge in [-0.25, -0.2) is 0 Å². The fraction of sp³-hybridized carbons (Fsp3) is 0.222. The Morgan fingerprint density at radius 2 is 2.25 bits per heavy atom. The number of hydrogen-bond donors (Lipinski definition) is 1. The van der Waals surface area contributed by atoms with Crippen LogP contribution in [0.2, 0.25) is 5.02 Å². The van der Waals surface area contributed by atoms with Crippen LogP contribution in [0.25, 0.3) is 0 Å². The Labute approximate surface area is 75.8 Å². The number of benzene rings is 1. The van der Waals surface area contributed by atoms with E-state index in [4.69, 9.17) is 16.9 Å². The maximum atomic E-state index is 8.79. The van der Waals surface area contributed by atoms with Gasteiger partial charge in [0.05, 0.1) is 11.6 Å². The zero-order valence-corrected chi connectivity index (χ0v) is 7.15. The van der Waals surface area contributed by atoms with E-state index >= 15 is 0 Å². The molecule has 0 saturated carbocycles. The lowest BCUT2D eigenvalue weighted by Gasteiger charge is -2.00. The van der Waals surface area contributed by atoms with Crippen molar-refractivity contribution in [3.63, 3.8) is 0 Å². The number of nitrogens with one attached hydrogen (secondary N) is 1. The molecule has 2 nitrogen and oxygen atoms in total. The quantitative estimate of drug-likeness (QED) is 0.658. The number of halogens is 1. The molecule has 12 heavy (non-hydrogen) atoms. The predicted octanol–water partition coefficient (Wildman–Crippen LogP) is 1.81. The zero-order valence-electron chi connectivity index (χ0n) is 6.39. The zero-order chi connectivity index (χ0) is 8.55. The fourth-order valence-corrected chi connectivity index (χ4v) is 1.72. The molecule has 0 unspecified atom stereocenters. The molecule has 1 aliphatic heterocycles. The van der Waals surface area contributed by atoms with Gasteiger partial charge in [0.1, 0.15) is 0 Å². The van der Waals surface area contributed by atoms with E-state index in [0.717, 1.165) is 24.2 Å². The second-order valence-corrected chi connectivity index (χ2v) is 3.24. The van der Waals surface area contributed by atoms with Gasteiger partial charge in [-0.2, -0.15) is 5.26 Å². The van der Waals surface area contributed by atoms with E-state index in [2.05, 4.69) is 11.4 Å². The third-order valence-corrected chi connectivity index (χ3v) is 2.26. The van der Waals surface area contributed by atoms with Crippen LogP contribution in [0.5, 0.6) is 0 Å². The first-order chi connectivity index (χ1) is 5.81. The van der Waals surface area contributed by atoms with Crippen molar-refractivity contribution in [2.75, 3.05) is 0 Å². The van der Waals surface area contributed by atoms with Crippen molar-refractivity contribution in [1.29, 1.82) is 5.26 Å². The summed E-state index contributed by atoms with van der Waals surface area (Å²) in [5.41, 5.74) is 2.95. The van der Waals surface area contributed by atoms with Crippen LogP contribution in [0.4, 0.5) is 0 Å². The molecule has 1 heterocycles. The Hall–Kier alpha value is -1.04. The lowest BCUT2D eigenvalue weighted by atomic mass is 10.0. The van der Waals surface area contributed by atoms with Gasteiger partial charge in [0.25, 0.3) is 0 Å². The third-order valence-electron chi connectivity index (χ3n) is 2.04. The van der Waals surface area contributed by atoms with E-state index in [1.807, 2.05) is 6.07 Å². The Morgan fingerprint density at radius 1 is 1.42 bits per heavy atom. The van der Waals surface area contributed by atoms with Crippen LogP contribution in [0.1, 0.15) is 16.7 Å². The van der Waals surface area contributed by atoms with Crippen LogP contribution in [0.15, 0.2) is 12.1 Å². The summed E-state index contributed by atoms with van der Waals surface area (Å²) in [5, 5.41) is 12.6. The van der Waals surface area contributed by atoms with Crippen molar-refractivity contribution < 1.29 is 0 Å². The molecule has 60 valence electrons. The summed E-state index contributed by atoms with van der Waals surface area (Å²) in [6.45, 7) is 1.61. The molecule has 0 radical (unpaired) electrons. The molecule has 0 bridgehead atoms. The molecule has 0 saturated heterocycles. The van der Waals surface area contributed by atoms with Gasteiger partial charge in [0.2, 0.25) is 0 Å². The molecule has 0 fully saturated rings. The van der Waals surface area contributed by atoms with Crippen molar-refractivity contribution in [2.24, 2.45) is 0 Å². The molecule has 1 aliphatic rings. The molecule has 1 N–H and O–H groups in total. The number of nitriles is 1. The van der Waals surface area contributed by atoms with E-state index in [1.165, 1.54) is 0 Å². The van der Waals surface area contributed by atoms with Gasteiger partial charge in [-0.1, -0.05) is 11.6 Å². The average molecular weight is 179 g/mol. The number of fused-ring (bicyclic) bond motifs is 1. The number of hydrogen-bond acceptors (Lipinski definition) is 2. The fourth-order valence-electron chi connectivity index (χ4n) is 1.48. The summed E-state index contributed by atoms with van der Waals surface area (Å²) >= 11 is 5.83. The molecule has 1 aromatic rings. The highest BCUT2D eigenvalue weighted by Crippen LogP contribution is 2.23. The Balaban J connectivity index is 2.64. The summed E-state index contributed by atoms with van der Waals surface area (Å²) in [6, 6.07) is 5.77. The lowest BCUT2D eigenvalue weighted by Crippen LogP contribution is -2.00. The molecule has 3 heteroatoms. The SMILES string of the molecule is N#Cc1cc(Cl)cc2c1CNC2. The third kappa shape index (κ3) is 1.08. The van der Waals surface area contributed by atoms with Crippen molar-refractivity contribution in [2.45, 2.75) is 13.1 Å². The maximum absolute atomic E-state index is 8.79. The molecule has 0 aromatic heterocycles. The molecule has 0 aliphatic carbocycles. The van der Waals surface area contributed by atoms with Crippen LogP contribution < -0.4 is 5.32 Å². The monoisotopic (exact) mass is 178 g/mol. The highest BCUT2D eigenvalue weighted by Gasteiger charge is 2.14. The summed E-state index contributed by atoms with van der Waals surface area (Å²) in [6.07, 6.45) is 0. The summed E-state index contributed by atoms with van der Waals surface area (Å²) in [7, 11) is 0. The minimum atomic E-state index is 0.647. The Bertz CT molecular complexity index is 366. The van der Waals surface area contributed by atoms with E-state index in [-0.39, 0.29) is 0 Å². The van der Waals surface area contributed by atoms with Gasteiger partial charge in [-0.3, -0.25) is 0 Å². The minimum Gasteiger partial charge on any atom is -0.309 e. The number of nitrogens with zero attached hydrogens (tertiary/aromatic N) is 1.